The number of halogens is 1. The number of likely N-dealkylation sites (tertiary alicyclic amines) is 2. The van der Waals surface area contributed by atoms with Gasteiger partial charge in [-0.1, -0.05) is 12.1 Å². The number of hydrogen-bond donors (Lipinski definition) is 0. The Kier molecular flexibility index (Phi) is 4.21. The van der Waals surface area contributed by atoms with Crippen molar-refractivity contribution in [3.63, 3.8) is 0 Å². The Morgan fingerprint density at radius 3 is 2.56 bits per heavy atom. The van der Waals surface area contributed by atoms with Crippen LogP contribution >= 0.6 is 0 Å². The summed E-state index contributed by atoms with van der Waals surface area (Å²) in [6.07, 6.45) is 3.19. The third kappa shape index (κ3) is 3.39. The van der Waals surface area contributed by atoms with Crippen LogP contribution in [0.1, 0.15) is 21.7 Å². The van der Waals surface area contributed by atoms with E-state index in [0.717, 1.165) is 44.0 Å². The van der Waals surface area contributed by atoms with Gasteiger partial charge in [-0.2, -0.15) is 0 Å². The van der Waals surface area contributed by atoms with Gasteiger partial charge in [-0.05, 0) is 36.5 Å². The first-order valence-electron chi connectivity index (χ1n) is 8.63. The van der Waals surface area contributed by atoms with Gasteiger partial charge in [-0.3, -0.25) is 14.7 Å². The molecule has 0 spiro atoms. The quantitative estimate of drug-likeness (QED) is 0.859. The van der Waals surface area contributed by atoms with Crippen molar-refractivity contribution >= 4 is 5.91 Å². The molecule has 2 aliphatic rings. The number of hydrogen-bond acceptors (Lipinski definition) is 4. The molecule has 0 aliphatic carbocycles. The van der Waals surface area contributed by atoms with Crippen molar-refractivity contribution in [3.05, 3.63) is 59.4 Å². The molecule has 6 heteroatoms. The number of carbonyl (C=O) groups is 1. The van der Waals surface area contributed by atoms with Gasteiger partial charge >= 0.3 is 0 Å². The van der Waals surface area contributed by atoms with Crippen molar-refractivity contribution in [2.24, 2.45) is 11.8 Å². The van der Waals surface area contributed by atoms with Crippen LogP contribution in [0.5, 0.6) is 0 Å². The molecule has 0 saturated carbocycles. The molecule has 0 radical (unpaired) electrons. The van der Waals surface area contributed by atoms with Gasteiger partial charge < -0.3 is 4.90 Å². The summed E-state index contributed by atoms with van der Waals surface area (Å²) >= 11 is 0. The van der Waals surface area contributed by atoms with Crippen molar-refractivity contribution in [2.75, 3.05) is 26.2 Å². The van der Waals surface area contributed by atoms with Gasteiger partial charge in [-0.25, -0.2) is 9.37 Å². The lowest BCUT2D eigenvalue weighted by molar-refractivity contribution is 0.0767. The molecule has 0 unspecified atom stereocenters. The van der Waals surface area contributed by atoms with Gasteiger partial charge in [0.25, 0.3) is 5.91 Å². The van der Waals surface area contributed by atoms with Crippen molar-refractivity contribution in [3.8, 4) is 0 Å². The Hall–Kier alpha value is -2.34. The van der Waals surface area contributed by atoms with Gasteiger partial charge in [0.2, 0.25) is 0 Å². The van der Waals surface area contributed by atoms with Crippen LogP contribution in [-0.4, -0.2) is 51.9 Å². The Balaban J connectivity index is 1.36. The lowest BCUT2D eigenvalue weighted by atomic mass is 10.0. The predicted octanol–water partition coefficient (Wildman–Crippen LogP) is 2.13. The normalized spacial score (nSPS) is 23.0. The van der Waals surface area contributed by atoms with E-state index in [1.807, 2.05) is 17.9 Å². The van der Waals surface area contributed by atoms with E-state index in [1.54, 1.807) is 24.5 Å². The van der Waals surface area contributed by atoms with Gasteiger partial charge in [0.05, 0.1) is 11.9 Å². The maximum atomic E-state index is 13.3. The average Bonchev–Trinajstić information content (AvgIpc) is 3.13. The third-order valence-electron chi connectivity index (χ3n) is 5.14. The second kappa shape index (κ2) is 6.52. The summed E-state index contributed by atoms with van der Waals surface area (Å²) in [6.45, 7) is 6.04. The number of nitrogens with zero attached hydrogens (tertiary/aromatic N) is 4. The first kappa shape index (κ1) is 16.1. The fourth-order valence-corrected chi connectivity index (χ4v) is 3.94. The van der Waals surface area contributed by atoms with Crippen molar-refractivity contribution in [1.82, 2.24) is 19.8 Å². The van der Waals surface area contributed by atoms with E-state index in [0.29, 0.717) is 17.5 Å². The first-order valence-corrected chi connectivity index (χ1v) is 8.63. The van der Waals surface area contributed by atoms with E-state index in [9.17, 15) is 9.18 Å². The van der Waals surface area contributed by atoms with Crippen LogP contribution in [0.2, 0.25) is 0 Å². The van der Waals surface area contributed by atoms with Gasteiger partial charge in [0.1, 0.15) is 11.5 Å². The molecule has 1 amide bonds. The van der Waals surface area contributed by atoms with Gasteiger partial charge in [0, 0.05) is 38.9 Å². The standard InChI is InChI=1S/C19H21FN4O/c1-13-6-22-18(7-21-13)19(25)24-11-15-9-23(10-16(15)12-24)8-14-3-2-4-17(20)5-14/h2-7,15-16H,8-12H2,1H3/t15-,16+. The third-order valence-corrected chi connectivity index (χ3v) is 5.14. The van der Waals surface area contributed by atoms with Gasteiger partial charge in [0.15, 0.2) is 0 Å². The zero-order valence-electron chi connectivity index (χ0n) is 14.2. The zero-order valence-corrected chi connectivity index (χ0v) is 14.2. The number of aromatic nitrogens is 2. The summed E-state index contributed by atoms with van der Waals surface area (Å²) < 4.78 is 13.3. The molecule has 0 bridgehead atoms. The van der Waals surface area contributed by atoms with E-state index in [2.05, 4.69) is 14.9 Å². The molecule has 1 aromatic carbocycles. The van der Waals surface area contributed by atoms with Crippen molar-refractivity contribution < 1.29 is 9.18 Å². The molecule has 1 aromatic heterocycles. The second-order valence-corrected chi connectivity index (χ2v) is 7.10. The smallest absolute Gasteiger partial charge is 0.274 e. The Bertz CT molecular complexity index is 765. The van der Waals surface area contributed by atoms with E-state index in [-0.39, 0.29) is 11.7 Å². The molecular formula is C19H21FN4O. The maximum Gasteiger partial charge on any atom is 0.274 e. The monoisotopic (exact) mass is 340 g/mol. The molecule has 2 atom stereocenters. The highest BCUT2D eigenvalue weighted by atomic mass is 19.1. The summed E-state index contributed by atoms with van der Waals surface area (Å²) in [7, 11) is 0. The Morgan fingerprint density at radius 1 is 1.16 bits per heavy atom. The Morgan fingerprint density at radius 2 is 1.92 bits per heavy atom. The van der Waals surface area contributed by atoms with Crippen LogP contribution < -0.4 is 0 Å². The topological polar surface area (TPSA) is 49.3 Å². The molecule has 130 valence electrons. The highest BCUT2D eigenvalue weighted by Crippen LogP contribution is 2.32. The molecule has 2 aromatic rings. The van der Waals surface area contributed by atoms with E-state index < -0.39 is 0 Å². The van der Waals surface area contributed by atoms with Crippen LogP contribution in [0.15, 0.2) is 36.7 Å². The van der Waals surface area contributed by atoms with E-state index in [1.165, 1.54) is 6.07 Å². The van der Waals surface area contributed by atoms with E-state index in [4.69, 9.17) is 0 Å². The number of carbonyl (C=O) groups excluding carboxylic acids is 1. The Labute approximate surface area is 146 Å². The lowest BCUT2D eigenvalue weighted by Crippen LogP contribution is -2.33. The fraction of sp³-hybridized carbons (Fsp3) is 0.421. The maximum absolute atomic E-state index is 13.3. The summed E-state index contributed by atoms with van der Waals surface area (Å²) in [5, 5.41) is 0. The summed E-state index contributed by atoms with van der Waals surface area (Å²) in [5.74, 6) is 0.748. The van der Waals surface area contributed by atoms with E-state index >= 15 is 0 Å². The highest BCUT2D eigenvalue weighted by Gasteiger charge is 2.41. The number of aryl methyl sites for hydroxylation is 1. The molecule has 2 saturated heterocycles. The first-order chi connectivity index (χ1) is 12.1. The van der Waals surface area contributed by atoms with Crippen LogP contribution in [0.3, 0.4) is 0 Å². The molecule has 3 heterocycles. The molecule has 25 heavy (non-hydrogen) atoms. The molecular weight excluding hydrogens is 319 g/mol. The summed E-state index contributed by atoms with van der Waals surface area (Å²) in [4.78, 5) is 25.2. The molecule has 0 N–H and O–H groups in total. The average molecular weight is 340 g/mol. The van der Waals surface area contributed by atoms with Crippen LogP contribution in [0, 0.1) is 24.6 Å². The predicted molar refractivity (Wildman–Crippen MR) is 91.3 cm³/mol. The summed E-state index contributed by atoms with van der Waals surface area (Å²) in [5.41, 5.74) is 2.23. The van der Waals surface area contributed by atoms with Crippen LogP contribution in [0.4, 0.5) is 4.39 Å². The van der Waals surface area contributed by atoms with Crippen LogP contribution in [0.25, 0.3) is 0 Å². The summed E-state index contributed by atoms with van der Waals surface area (Å²) in [6, 6.07) is 6.79. The number of amides is 1. The minimum absolute atomic E-state index is 0.0291. The molecule has 5 nitrogen and oxygen atoms in total. The molecule has 2 aliphatic heterocycles. The highest BCUT2D eigenvalue weighted by molar-refractivity contribution is 5.92. The molecule has 2 fully saturated rings. The molecule has 4 rings (SSSR count). The largest absolute Gasteiger partial charge is 0.337 e. The van der Waals surface area contributed by atoms with Crippen molar-refractivity contribution in [1.29, 1.82) is 0 Å². The zero-order chi connectivity index (χ0) is 17.4. The minimum atomic E-state index is -0.187. The number of benzene rings is 1. The van der Waals surface area contributed by atoms with Crippen molar-refractivity contribution in [2.45, 2.75) is 13.5 Å². The van der Waals surface area contributed by atoms with Gasteiger partial charge in [-0.15, -0.1) is 0 Å². The second-order valence-electron chi connectivity index (χ2n) is 7.10. The minimum Gasteiger partial charge on any atom is -0.337 e. The lowest BCUT2D eigenvalue weighted by Gasteiger charge is -2.21. The number of fused-ring (bicyclic) bond motifs is 1. The van der Waals surface area contributed by atoms with Crippen LogP contribution in [-0.2, 0) is 6.54 Å². The SMILES string of the molecule is Cc1cnc(C(=O)N2C[C@H]3CN(Cc4cccc(F)c4)C[C@H]3C2)cn1. The fourth-order valence-electron chi connectivity index (χ4n) is 3.94. The number of rotatable bonds is 3.